The Labute approximate surface area is 123 Å². The van der Waals surface area contributed by atoms with Crippen molar-refractivity contribution in [2.75, 3.05) is 0 Å². The number of benzene rings is 1. The Hall–Kier alpha value is -0.400. The molecule has 0 saturated heterocycles. The van der Waals surface area contributed by atoms with Gasteiger partial charge >= 0.3 is 5.97 Å². The first-order valence-electron chi connectivity index (χ1n) is 4.51. The Balaban J connectivity index is 3.01. The van der Waals surface area contributed by atoms with E-state index in [1.165, 1.54) is 6.92 Å². The van der Waals surface area contributed by atoms with Crippen LogP contribution in [-0.2, 0) is 4.79 Å². The minimum atomic E-state index is -1.08. The summed E-state index contributed by atoms with van der Waals surface area (Å²) >= 11 is 9.80. The van der Waals surface area contributed by atoms with Gasteiger partial charge in [-0.25, -0.2) is 0 Å². The number of carbonyl (C=O) groups excluding carboxylic acids is 1. The van der Waals surface area contributed by atoms with Crippen LogP contribution in [0.1, 0.15) is 17.3 Å². The highest BCUT2D eigenvalue weighted by atomic mass is 79.9. The summed E-state index contributed by atoms with van der Waals surface area (Å²) in [6, 6.07) is 2.49. The number of aliphatic carboxylic acids is 1. The van der Waals surface area contributed by atoms with E-state index in [2.05, 4.69) is 53.1 Å². The molecular formula is C10H8Br3NO3. The van der Waals surface area contributed by atoms with Crippen molar-refractivity contribution in [1.82, 2.24) is 5.32 Å². The van der Waals surface area contributed by atoms with Crippen molar-refractivity contribution in [3.05, 3.63) is 31.1 Å². The summed E-state index contributed by atoms with van der Waals surface area (Å²) in [5.41, 5.74) is 0.362. The average Bonchev–Trinajstić information content (AvgIpc) is 2.15. The molecule has 0 radical (unpaired) electrons. The molecule has 0 aromatic heterocycles. The van der Waals surface area contributed by atoms with Gasteiger partial charge in [0.1, 0.15) is 6.04 Å². The first kappa shape index (κ1) is 14.7. The minimum Gasteiger partial charge on any atom is -0.480 e. The molecule has 1 unspecified atom stereocenters. The summed E-state index contributed by atoms with van der Waals surface area (Å²) in [4.78, 5) is 22.5. The molecular weight excluding hydrogens is 422 g/mol. The van der Waals surface area contributed by atoms with Crippen molar-refractivity contribution < 1.29 is 14.7 Å². The van der Waals surface area contributed by atoms with Crippen LogP contribution in [0.2, 0.25) is 0 Å². The molecule has 1 atom stereocenters. The fourth-order valence-corrected chi connectivity index (χ4v) is 3.71. The zero-order valence-corrected chi connectivity index (χ0v) is 13.4. The molecule has 2 N–H and O–H groups in total. The normalized spacial score (nSPS) is 12.0. The Morgan fingerprint density at radius 1 is 1.24 bits per heavy atom. The molecule has 0 bridgehead atoms. The molecule has 1 aromatic rings. The second-order valence-corrected chi connectivity index (χ2v) is 5.90. The minimum absolute atomic E-state index is 0.362. The van der Waals surface area contributed by atoms with E-state index in [0.29, 0.717) is 14.5 Å². The zero-order valence-electron chi connectivity index (χ0n) is 8.63. The number of carboxylic acid groups (broad SMARTS) is 1. The number of amides is 1. The lowest BCUT2D eigenvalue weighted by molar-refractivity contribution is -0.138. The number of hydrogen-bond donors (Lipinski definition) is 2. The van der Waals surface area contributed by atoms with E-state index < -0.39 is 17.9 Å². The first-order valence-corrected chi connectivity index (χ1v) is 6.89. The quantitative estimate of drug-likeness (QED) is 0.775. The number of carbonyl (C=O) groups is 2. The van der Waals surface area contributed by atoms with Crippen molar-refractivity contribution in [1.29, 1.82) is 0 Å². The van der Waals surface area contributed by atoms with E-state index in [9.17, 15) is 9.59 Å². The lowest BCUT2D eigenvalue weighted by Gasteiger charge is -2.12. The van der Waals surface area contributed by atoms with Gasteiger partial charge in [-0.3, -0.25) is 9.59 Å². The molecule has 0 heterocycles. The largest absolute Gasteiger partial charge is 0.480 e. The highest BCUT2D eigenvalue weighted by Gasteiger charge is 2.19. The van der Waals surface area contributed by atoms with E-state index in [-0.39, 0.29) is 0 Å². The van der Waals surface area contributed by atoms with Gasteiger partial charge in [-0.2, -0.15) is 0 Å². The van der Waals surface area contributed by atoms with Crippen LogP contribution in [0.3, 0.4) is 0 Å². The number of carboxylic acids is 1. The van der Waals surface area contributed by atoms with Crippen LogP contribution < -0.4 is 5.32 Å². The van der Waals surface area contributed by atoms with Crippen molar-refractivity contribution in [2.45, 2.75) is 13.0 Å². The van der Waals surface area contributed by atoms with Gasteiger partial charge in [-0.15, -0.1) is 0 Å². The highest BCUT2D eigenvalue weighted by molar-refractivity contribution is 9.11. The van der Waals surface area contributed by atoms with Gasteiger partial charge in [0.05, 0.1) is 5.56 Å². The molecule has 1 aromatic carbocycles. The molecule has 4 nitrogen and oxygen atoms in total. The summed E-state index contributed by atoms with van der Waals surface area (Å²) in [6.45, 7) is 1.40. The predicted octanol–water partition coefficient (Wildman–Crippen LogP) is 3.18. The van der Waals surface area contributed by atoms with Crippen LogP contribution in [-0.4, -0.2) is 23.0 Å². The second-order valence-electron chi connectivity index (χ2n) is 3.28. The van der Waals surface area contributed by atoms with Crippen molar-refractivity contribution in [2.24, 2.45) is 0 Å². The monoisotopic (exact) mass is 427 g/mol. The number of hydrogen-bond acceptors (Lipinski definition) is 2. The summed E-state index contributed by atoms with van der Waals surface area (Å²) < 4.78 is 1.96. The van der Waals surface area contributed by atoms with Crippen molar-refractivity contribution in [3.8, 4) is 0 Å². The molecule has 0 aliphatic carbocycles. The molecule has 1 rings (SSSR count). The predicted molar refractivity (Wildman–Crippen MR) is 74.1 cm³/mol. The molecule has 92 valence electrons. The third-order valence-corrected chi connectivity index (χ3v) is 3.66. The van der Waals surface area contributed by atoms with Crippen LogP contribution >= 0.6 is 47.8 Å². The Morgan fingerprint density at radius 2 is 1.71 bits per heavy atom. The molecule has 0 aliphatic heterocycles. The summed E-state index contributed by atoms with van der Waals surface area (Å²) in [5.74, 6) is -1.53. The van der Waals surface area contributed by atoms with E-state index in [0.717, 1.165) is 4.47 Å². The highest BCUT2D eigenvalue weighted by Crippen LogP contribution is 2.29. The molecule has 1 amide bonds. The lowest BCUT2D eigenvalue weighted by Crippen LogP contribution is -2.38. The third kappa shape index (κ3) is 3.79. The zero-order chi connectivity index (χ0) is 13.2. The third-order valence-electron chi connectivity index (χ3n) is 1.95. The number of halogens is 3. The van der Waals surface area contributed by atoms with Crippen LogP contribution in [0.25, 0.3) is 0 Å². The smallest absolute Gasteiger partial charge is 0.325 e. The molecule has 0 saturated carbocycles. The summed E-state index contributed by atoms with van der Waals surface area (Å²) in [7, 11) is 0. The standard InChI is InChI=1S/C10H8Br3NO3/c1-4(10(16)17)14-9(15)8-6(12)2-5(11)3-7(8)13/h2-4H,1H3,(H,14,15)(H,16,17). The van der Waals surface area contributed by atoms with Gasteiger partial charge in [-0.1, -0.05) is 15.9 Å². The lowest BCUT2D eigenvalue weighted by atomic mass is 10.2. The van der Waals surface area contributed by atoms with Gasteiger partial charge in [-0.05, 0) is 50.9 Å². The molecule has 17 heavy (non-hydrogen) atoms. The fraction of sp³-hybridized carbons (Fsp3) is 0.200. The summed E-state index contributed by atoms with van der Waals surface area (Å²) in [6.07, 6.45) is 0. The van der Waals surface area contributed by atoms with Crippen molar-refractivity contribution in [3.63, 3.8) is 0 Å². The van der Waals surface area contributed by atoms with Crippen LogP contribution in [0, 0.1) is 0 Å². The molecule has 0 spiro atoms. The van der Waals surface area contributed by atoms with Gasteiger partial charge in [0.2, 0.25) is 0 Å². The maximum absolute atomic E-state index is 11.9. The van der Waals surface area contributed by atoms with E-state index in [4.69, 9.17) is 5.11 Å². The van der Waals surface area contributed by atoms with Gasteiger partial charge < -0.3 is 10.4 Å². The molecule has 0 aliphatic rings. The van der Waals surface area contributed by atoms with Gasteiger partial charge in [0.25, 0.3) is 5.91 Å². The van der Waals surface area contributed by atoms with Gasteiger partial charge in [0, 0.05) is 13.4 Å². The second kappa shape index (κ2) is 5.97. The maximum Gasteiger partial charge on any atom is 0.325 e. The van der Waals surface area contributed by atoms with Crippen molar-refractivity contribution >= 4 is 59.7 Å². The molecule has 0 fully saturated rings. The first-order chi connectivity index (χ1) is 7.82. The van der Waals surface area contributed by atoms with Gasteiger partial charge in [0.15, 0.2) is 0 Å². The maximum atomic E-state index is 11.9. The summed E-state index contributed by atoms with van der Waals surface area (Å²) in [5, 5.41) is 11.1. The van der Waals surface area contributed by atoms with Crippen LogP contribution in [0.5, 0.6) is 0 Å². The Morgan fingerprint density at radius 3 is 2.12 bits per heavy atom. The Bertz CT molecular complexity index is 453. The number of rotatable bonds is 3. The van der Waals surface area contributed by atoms with E-state index in [1.54, 1.807) is 12.1 Å². The topological polar surface area (TPSA) is 66.4 Å². The number of nitrogens with one attached hydrogen (secondary N) is 1. The van der Waals surface area contributed by atoms with Crippen LogP contribution in [0.4, 0.5) is 0 Å². The Kier molecular flexibility index (Phi) is 5.15. The fourth-order valence-electron chi connectivity index (χ4n) is 1.09. The molecule has 7 heteroatoms. The van der Waals surface area contributed by atoms with E-state index in [1.807, 2.05) is 0 Å². The van der Waals surface area contributed by atoms with Crippen LogP contribution in [0.15, 0.2) is 25.6 Å². The average molecular weight is 430 g/mol. The SMILES string of the molecule is CC(NC(=O)c1c(Br)cc(Br)cc1Br)C(=O)O. The van der Waals surface area contributed by atoms with E-state index >= 15 is 0 Å².